The van der Waals surface area contributed by atoms with Crippen LogP contribution >= 0.6 is 15.9 Å². The maximum atomic E-state index is 11.9. The van der Waals surface area contributed by atoms with Crippen molar-refractivity contribution < 1.29 is 13.2 Å². The van der Waals surface area contributed by atoms with Gasteiger partial charge in [-0.2, -0.15) is 0 Å². The first-order valence-electron chi connectivity index (χ1n) is 5.70. The molecule has 1 aliphatic heterocycles. The van der Waals surface area contributed by atoms with Gasteiger partial charge >= 0.3 is 0 Å². The highest BCUT2D eigenvalue weighted by atomic mass is 79.9. The summed E-state index contributed by atoms with van der Waals surface area (Å²) in [7, 11) is -3.56. The lowest BCUT2D eigenvalue weighted by molar-refractivity contribution is -0.117. The van der Waals surface area contributed by atoms with Gasteiger partial charge in [-0.3, -0.25) is 4.79 Å². The molecule has 0 aromatic carbocycles. The van der Waals surface area contributed by atoms with Gasteiger partial charge in [-0.15, -0.1) is 0 Å². The summed E-state index contributed by atoms with van der Waals surface area (Å²) >= 11 is 3.32. The Bertz CT molecular complexity index is 618. The van der Waals surface area contributed by atoms with Gasteiger partial charge in [0.2, 0.25) is 15.9 Å². The molecule has 2 rings (SSSR count). The molecule has 1 atom stereocenters. The van der Waals surface area contributed by atoms with Crippen molar-refractivity contribution in [3.05, 3.63) is 22.4 Å². The summed E-state index contributed by atoms with van der Waals surface area (Å²) in [6.07, 6.45) is 0.191. The second kappa shape index (κ2) is 5.18. The van der Waals surface area contributed by atoms with Gasteiger partial charge in [-0.25, -0.2) is 18.5 Å². The number of primary sulfonamides is 1. The summed E-state index contributed by atoms with van der Waals surface area (Å²) in [5, 5.41) is 5.02. The molecular weight excluding hydrogens is 334 g/mol. The van der Waals surface area contributed by atoms with Gasteiger partial charge in [0.25, 0.3) is 0 Å². The third-order valence-corrected chi connectivity index (χ3v) is 4.45. The van der Waals surface area contributed by atoms with E-state index in [1.807, 2.05) is 6.92 Å². The molecule has 0 aliphatic carbocycles. The molecule has 0 saturated carbocycles. The molecule has 8 heteroatoms. The van der Waals surface area contributed by atoms with E-state index >= 15 is 0 Å². The summed E-state index contributed by atoms with van der Waals surface area (Å²) in [6.45, 7) is 2.20. The molecule has 1 saturated heterocycles. The molecule has 0 spiro atoms. The van der Waals surface area contributed by atoms with Crippen molar-refractivity contribution in [1.82, 2.24) is 4.98 Å². The maximum absolute atomic E-state index is 11.9. The minimum Gasteiger partial charge on any atom is -0.310 e. The van der Waals surface area contributed by atoms with E-state index in [1.54, 1.807) is 17.0 Å². The lowest BCUT2D eigenvalue weighted by atomic mass is 10.1. The number of carbonyl (C=O) groups is 1. The molecule has 104 valence electrons. The summed E-state index contributed by atoms with van der Waals surface area (Å²) in [5.41, 5.74) is 1.50. The predicted octanol–water partition coefficient (Wildman–Crippen LogP) is 0.794. The summed E-state index contributed by atoms with van der Waals surface area (Å²) in [4.78, 5) is 17.7. The van der Waals surface area contributed by atoms with Crippen LogP contribution in [-0.2, 0) is 14.8 Å². The lowest BCUT2D eigenvalue weighted by Gasteiger charge is -2.18. The van der Waals surface area contributed by atoms with E-state index in [0.717, 1.165) is 5.69 Å². The molecule has 2 heterocycles. The minimum atomic E-state index is -3.56. The van der Waals surface area contributed by atoms with Crippen molar-refractivity contribution in [3.63, 3.8) is 0 Å². The van der Waals surface area contributed by atoms with Gasteiger partial charge in [-0.05, 0) is 35.0 Å². The maximum Gasteiger partial charge on any atom is 0.227 e. The number of halogens is 1. The van der Waals surface area contributed by atoms with Crippen LogP contribution in [0.3, 0.4) is 0 Å². The van der Waals surface area contributed by atoms with E-state index in [-0.39, 0.29) is 24.0 Å². The van der Waals surface area contributed by atoms with E-state index in [9.17, 15) is 13.2 Å². The Hall–Kier alpha value is -0.990. The number of anilines is 1. The number of aromatic nitrogens is 1. The van der Waals surface area contributed by atoms with Gasteiger partial charge in [0.1, 0.15) is 4.60 Å². The number of carbonyl (C=O) groups excluding carboxylic acids is 1. The average Bonchev–Trinajstić information content (AvgIpc) is 2.56. The third kappa shape index (κ3) is 3.52. The lowest BCUT2D eigenvalue weighted by Crippen LogP contribution is -2.27. The van der Waals surface area contributed by atoms with Crippen LogP contribution < -0.4 is 10.0 Å². The Kier molecular flexibility index (Phi) is 3.93. The average molecular weight is 348 g/mol. The summed E-state index contributed by atoms with van der Waals surface area (Å²) in [5.74, 6) is -0.553. The molecule has 0 bridgehead atoms. The van der Waals surface area contributed by atoms with Gasteiger partial charge in [0.05, 0.1) is 11.4 Å². The van der Waals surface area contributed by atoms with E-state index in [1.165, 1.54) is 0 Å². The first-order chi connectivity index (χ1) is 8.76. The van der Waals surface area contributed by atoms with Crippen LogP contribution in [-0.4, -0.2) is 31.6 Å². The Morgan fingerprint density at radius 3 is 2.79 bits per heavy atom. The number of rotatable bonds is 3. The normalized spacial score (nSPS) is 20.1. The molecule has 6 nitrogen and oxygen atoms in total. The van der Waals surface area contributed by atoms with Crippen molar-refractivity contribution in [2.75, 3.05) is 17.2 Å². The zero-order valence-electron chi connectivity index (χ0n) is 10.3. The molecule has 0 radical (unpaired) electrons. The highest BCUT2D eigenvalue weighted by Crippen LogP contribution is 2.30. The van der Waals surface area contributed by atoms with Gasteiger partial charge < -0.3 is 4.90 Å². The summed E-state index contributed by atoms with van der Waals surface area (Å²) in [6, 6.07) is 3.60. The van der Waals surface area contributed by atoms with Crippen LogP contribution in [0, 0.1) is 12.8 Å². The molecule has 19 heavy (non-hydrogen) atoms. The fourth-order valence-corrected chi connectivity index (χ4v) is 3.68. The topological polar surface area (TPSA) is 93.4 Å². The monoisotopic (exact) mass is 347 g/mol. The second-order valence-corrected chi connectivity index (χ2v) is 7.08. The van der Waals surface area contributed by atoms with Crippen LogP contribution in [0.5, 0.6) is 0 Å². The molecule has 1 aromatic heterocycles. The van der Waals surface area contributed by atoms with Crippen molar-refractivity contribution >= 4 is 37.5 Å². The SMILES string of the molecule is Cc1ccc(N2CC(CS(N)(=O)=O)CC2=O)c(Br)n1. The number of nitrogens with zero attached hydrogens (tertiary/aromatic N) is 2. The summed E-state index contributed by atoms with van der Waals surface area (Å²) < 4.78 is 22.7. The Labute approximate surface area is 120 Å². The third-order valence-electron chi connectivity index (χ3n) is 2.93. The standard InChI is InChI=1S/C11H14BrN3O3S/c1-7-2-3-9(11(12)14-7)15-5-8(4-10(15)16)6-19(13,17)18/h2-3,8H,4-6H2,1H3,(H2,13,17,18). The molecule has 1 amide bonds. The highest BCUT2D eigenvalue weighted by Gasteiger charge is 2.33. The van der Waals surface area contributed by atoms with Gasteiger partial charge in [0.15, 0.2) is 0 Å². The molecule has 2 N–H and O–H groups in total. The Balaban J connectivity index is 2.20. The zero-order chi connectivity index (χ0) is 14.2. The van der Waals surface area contributed by atoms with E-state index in [0.29, 0.717) is 16.8 Å². The highest BCUT2D eigenvalue weighted by molar-refractivity contribution is 9.10. The smallest absolute Gasteiger partial charge is 0.227 e. The fourth-order valence-electron chi connectivity index (χ4n) is 2.17. The largest absolute Gasteiger partial charge is 0.310 e. The van der Waals surface area contributed by atoms with Crippen LogP contribution in [0.4, 0.5) is 5.69 Å². The first-order valence-corrected chi connectivity index (χ1v) is 8.21. The molecular formula is C11H14BrN3O3S. The van der Waals surface area contributed by atoms with Crippen LogP contribution in [0.2, 0.25) is 0 Å². The van der Waals surface area contributed by atoms with Gasteiger partial charge in [-0.1, -0.05) is 0 Å². The van der Waals surface area contributed by atoms with Crippen LogP contribution in [0.25, 0.3) is 0 Å². The fraction of sp³-hybridized carbons (Fsp3) is 0.455. The number of sulfonamides is 1. The van der Waals surface area contributed by atoms with E-state index < -0.39 is 10.0 Å². The molecule has 1 aliphatic rings. The van der Waals surface area contributed by atoms with Crippen molar-refractivity contribution in [1.29, 1.82) is 0 Å². The second-order valence-electron chi connectivity index (χ2n) is 4.67. The first kappa shape index (κ1) is 14.4. The van der Waals surface area contributed by atoms with Crippen LogP contribution in [0.15, 0.2) is 16.7 Å². The number of amides is 1. The zero-order valence-corrected chi connectivity index (χ0v) is 12.7. The number of hydrogen-bond donors (Lipinski definition) is 1. The van der Waals surface area contributed by atoms with Crippen LogP contribution in [0.1, 0.15) is 12.1 Å². The number of aryl methyl sites for hydroxylation is 1. The molecule has 1 aromatic rings. The molecule has 1 unspecified atom stereocenters. The number of nitrogens with two attached hydrogens (primary N) is 1. The minimum absolute atomic E-state index is 0.111. The quantitative estimate of drug-likeness (QED) is 0.818. The van der Waals surface area contributed by atoms with E-state index in [2.05, 4.69) is 20.9 Å². The Morgan fingerprint density at radius 2 is 2.21 bits per heavy atom. The van der Waals surface area contributed by atoms with Crippen molar-refractivity contribution in [2.45, 2.75) is 13.3 Å². The van der Waals surface area contributed by atoms with Crippen molar-refractivity contribution in [2.24, 2.45) is 11.1 Å². The van der Waals surface area contributed by atoms with Gasteiger partial charge in [0, 0.05) is 24.6 Å². The van der Waals surface area contributed by atoms with Crippen molar-refractivity contribution in [3.8, 4) is 0 Å². The number of pyridine rings is 1. The molecule has 1 fully saturated rings. The van der Waals surface area contributed by atoms with E-state index in [4.69, 9.17) is 5.14 Å². The Morgan fingerprint density at radius 1 is 1.53 bits per heavy atom. The predicted molar refractivity (Wildman–Crippen MR) is 75.1 cm³/mol. The number of hydrogen-bond acceptors (Lipinski definition) is 4.